The normalized spacial score (nSPS) is 17.0. The molecule has 2 aliphatic rings. The van der Waals surface area contributed by atoms with Gasteiger partial charge in [-0.3, -0.25) is 4.79 Å². The Bertz CT molecular complexity index is 591. The predicted octanol–water partition coefficient (Wildman–Crippen LogP) is 3.30. The third-order valence-corrected chi connectivity index (χ3v) is 3.43. The van der Waals surface area contributed by atoms with Crippen LogP contribution in [0.2, 0.25) is 0 Å². The molecule has 0 N–H and O–H groups in total. The van der Waals surface area contributed by atoms with Crippen LogP contribution < -0.4 is 0 Å². The lowest BCUT2D eigenvalue weighted by molar-refractivity contribution is -0.111. The van der Waals surface area contributed by atoms with E-state index in [9.17, 15) is 4.79 Å². The van der Waals surface area contributed by atoms with Gasteiger partial charge >= 0.3 is 0 Å². The third-order valence-electron chi connectivity index (χ3n) is 3.21. The summed E-state index contributed by atoms with van der Waals surface area (Å²) in [5.74, 6) is 0.869. The summed E-state index contributed by atoms with van der Waals surface area (Å²) in [6.45, 7) is 0. The molecule has 84 valence electrons. The standard InChI is InChI=1S/C15H12OS/c16-15-10(7-8-17)5-6-13-12-4-2-1-3-11(12)9-14(13)15/h1-6,9,17H,7-8H2. The predicted molar refractivity (Wildman–Crippen MR) is 74.0 cm³/mol. The highest BCUT2D eigenvalue weighted by atomic mass is 32.1. The lowest BCUT2D eigenvalue weighted by atomic mass is 9.90. The fourth-order valence-corrected chi connectivity index (χ4v) is 2.60. The summed E-state index contributed by atoms with van der Waals surface area (Å²) in [7, 11) is 0. The number of benzene rings is 1. The molecule has 2 heteroatoms. The minimum absolute atomic E-state index is 0.160. The number of hydrogen-bond acceptors (Lipinski definition) is 2. The van der Waals surface area contributed by atoms with Crippen LogP contribution in [-0.2, 0) is 4.79 Å². The molecule has 0 aromatic heterocycles. The van der Waals surface area contributed by atoms with Gasteiger partial charge in [-0.1, -0.05) is 36.4 Å². The van der Waals surface area contributed by atoms with Gasteiger partial charge in [0.05, 0.1) is 0 Å². The Morgan fingerprint density at radius 1 is 1.06 bits per heavy atom. The van der Waals surface area contributed by atoms with E-state index in [2.05, 4.69) is 24.8 Å². The average molecular weight is 240 g/mol. The zero-order valence-electron chi connectivity index (χ0n) is 9.31. The number of ketones is 1. The summed E-state index contributed by atoms with van der Waals surface area (Å²) >= 11 is 4.18. The summed E-state index contributed by atoms with van der Waals surface area (Å²) in [5, 5.41) is 0. The Balaban J connectivity index is 2.09. The highest BCUT2D eigenvalue weighted by Crippen LogP contribution is 2.39. The van der Waals surface area contributed by atoms with E-state index in [0.717, 1.165) is 34.3 Å². The highest BCUT2D eigenvalue weighted by Gasteiger charge is 2.27. The van der Waals surface area contributed by atoms with Crippen LogP contribution in [0.25, 0.3) is 11.6 Å². The molecular formula is C15H12OS. The first kappa shape index (κ1) is 10.6. The molecule has 0 unspecified atom stereocenters. The van der Waals surface area contributed by atoms with Gasteiger partial charge in [0.25, 0.3) is 0 Å². The van der Waals surface area contributed by atoms with Crippen LogP contribution in [0.15, 0.2) is 47.6 Å². The van der Waals surface area contributed by atoms with Gasteiger partial charge in [-0.2, -0.15) is 12.6 Å². The minimum atomic E-state index is 0.160. The maximum atomic E-state index is 12.3. The molecule has 1 aromatic carbocycles. The topological polar surface area (TPSA) is 17.1 Å². The van der Waals surface area contributed by atoms with Crippen molar-refractivity contribution in [1.82, 2.24) is 0 Å². The number of thiol groups is 1. The molecule has 3 rings (SSSR count). The highest BCUT2D eigenvalue weighted by molar-refractivity contribution is 7.80. The quantitative estimate of drug-likeness (QED) is 0.785. The molecule has 17 heavy (non-hydrogen) atoms. The van der Waals surface area contributed by atoms with Gasteiger partial charge in [0.15, 0.2) is 5.78 Å². The molecule has 2 aliphatic carbocycles. The lowest BCUT2D eigenvalue weighted by Gasteiger charge is -2.13. The SMILES string of the molecule is O=C1C(CCS)=CC=C2C1=Cc1ccccc12. The molecule has 0 heterocycles. The Kier molecular flexibility index (Phi) is 2.52. The van der Waals surface area contributed by atoms with E-state index in [1.807, 2.05) is 30.4 Å². The smallest absolute Gasteiger partial charge is 0.189 e. The molecule has 0 spiro atoms. The maximum absolute atomic E-state index is 12.3. The summed E-state index contributed by atoms with van der Waals surface area (Å²) < 4.78 is 0. The van der Waals surface area contributed by atoms with Crippen molar-refractivity contribution < 1.29 is 4.79 Å². The van der Waals surface area contributed by atoms with E-state index in [4.69, 9.17) is 0 Å². The van der Waals surface area contributed by atoms with Gasteiger partial charge in [0, 0.05) is 11.1 Å². The number of carbonyl (C=O) groups excluding carboxylic acids is 1. The first-order chi connectivity index (χ1) is 8.31. The van der Waals surface area contributed by atoms with Crippen LogP contribution in [-0.4, -0.2) is 11.5 Å². The van der Waals surface area contributed by atoms with Crippen LogP contribution in [0.4, 0.5) is 0 Å². The van der Waals surface area contributed by atoms with Crippen molar-refractivity contribution in [2.45, 2.75) is 6.42 Å². The zero-order chi connectivity index (χ0) is 11.8. The van der Waals surface area contributed by atoms with Gasteiger partial charge in [-0.25, -0.2) is 0 Å². The van der Waals surface area contributed by atoms with Crippen molar-refractivity contribution in [3.63, 3.8) is 0 Å². The molecule has 0 aliphatic heterocycles. The Morgan fingerprint density at radius 2 is 1.88 bits per heavy atom. The van der Waals surface area contributed by atoms with Gasteiger partial charge in [-0.05, 0) is 34.9 Å². The molecule has 0 radical (unpaired) electrons. The molecule has 0 fully saturated rings. The zero-order valence-corrected chi connectivity index (χ0v) is 10.2. The monoisotopic (exact) mass is 240 g/mol. The summed E-state index contributed by atoms with van der Waals surface area (Å²) in [6.07, 6.45) is 6.72. The van der Waals surface area contributed by atoms with E-state index >= 15 is 0 Å². The number of hydrogen-bond donors (Lipinski definition) is 1. The summed E-state index contributed by atoms with van der Waals surface area (Å²) in [5.41, 5.74) is 5.07. The van der Waals surface area contributed by atoms with E-state index < -0.39 is 0 Å². The van der Waals surface area contributed by atoms with Crippen LogP contribution in [0.1, 0.15) is 17.5 Å². The van der Waals surface area contributed by atoms with Crippen LogP contribution in [0, 0.1) is 0 Å². The van der Waals surface area contributed by atoms with Crippen molar-refractivity contribution >= 4 is 30.1 Å². The van der Waals surface area contributed by atoms with Crippen LogP contribution >= 0.6 is 12.6 Å². The molecule has 0 bridgehead atoms. The van der Waals surface area contributed by atoms with Crippen molar-refractivity contribution in [3.05, 3.63) is 58.7 Å². The van der Waals surface area contributed by atoms with Gasteiger partial charge < -0.3 is 0 Å². The van der Waals surface area contributed by atoms with Crippen molar-refractivity contribution in [2.24, 2.45) is 0 Å². The largest absolute Gasteiger partial charge is 0.289 e. The molecule has 0 amide bonds. The number of allylic oxidation sites excluding steroid dienone is 5. The average Bonchev–Trinajstić information content (AvgIpc) is 2.73. The van der Waals surface area contributed by atoms with Gasteiger partial charge in [0.2, 0.25) is 0 Å². The molecule has 0 atom stereocenters. The lowest BCUT2D eigenvalue weighted by Crippen LogP contribution is -2.09. The number of fused-ring (bicyclic) bond motifs is 3. The van der Waals surface area contributed by atoms with Gasteiger partial charge in [0.1, 0.15) is 0 Å². The molecular weight excluding hydrogens is 228 g/mol. The van der Waals surface area contributed by atoms with E-state index in [1.165, 1.54) is 0 Å². The van der Waals surface area contributed by atoms with E-state index in [-0.39, 0.29) is 5.78 Å². The molecule has 1 nitrogen and oxygen atoms in total. The second-order valence-electron chi connectivity index (χ2n) is 4.22. The Morgan fingerprint density at radius 3 is 2.71 bits per heavy atom. The Labute approximate surface area is 106 Å². The molecule has 1 aromatic rings. The number of rotatable bonds is 2. The first-order valence-electron chi connectivity index (χ1n) is 5.69. The first-order valence-corrected chi connectivity index (χ1v) is 6.32. The molecule has 0 saturated carbocycles. The second kappa shape index (κ2) is 4.04. The summed E-state index contributed by atoms with van der Waals surface area (Å²) in [4.78, 5) is 12.3. The minimum Gasteiger partial charge on any atom is -0.289 e. The maximum Gasteiger partial charge on any atom is 0.189 e. The van der Waals surface area contributed by atoms with Gasteiger partial charge in [-0.15, -0.1) is 0 Å². The van der Waals surface area contributed by atoms with Crippen LogP contribution in [0.3, 0.4) is 0 Å². The fourth-order valence-electron chi connectivity index (χ4n) is 2.36. The Hall–Kier alpha value is -1.54. The van der Waals surface area contributed by atoms with Crippen LogP contribution in [0.5, 0.6) is 0 Å². The van der Waals surface area contributed by atoms with Crippen molar-refractivity contribution in [1.29, 1.82) is 0 Å². The fraction of sp³-hybridized carbons (Fsp3) is 0.133. The second-order valence-corrected chi connectivity index (χ2v) is 4.67. The van der Waals surface area contributed by atoms with E-state index in [1.54, 1.807) is 0 Å². The number of carbonyl (C=O) groups is 1. The van der Waals surface area contributed by atoms with E-state index in [0.29, 0.717) is 5.75 Å². The van der Waals surface area contributed by atoms with Crippen molar-refractivity contribution in [2.75, 3.05) is 5.75 Å². The molecule has 0 saturated heterocycles. The summed E-state index contributed by atoms with van der Waals surface area (Å²) in [6, 6.07) is 8.12. The van der Waals surface area contributed by atoms with Crippen molar-refractivity contribution in [3.8, 4) is 0 Å². The third kappa shape index (κ3) is 1.60. The number of Topliss-reactive ketones (excluding diaryl/α,β-unsaturated/α-hetero) is 1.